The van der Waals surface area contributed by atoms with Crippen LogP contribution in [0.25, 0.3) is 33.8 Å². The van der Waals surface area contributed by atoms with Gasteiger partial charge in [0.1, 0.15) is 11.6 Å². The van der Waals surface area contributed by atoms with Crippen LogP contribution in [-0.2, 0) is 49.9 Å². The molecule has 11 rings (SSSR count). The van der Waals surface area contributed by atoms with Gasteiger partial charge < -0.3 is 46.6 Å². The van der Waals surface area contributed by atoms with Crippen molar-refractivity contribution in [3.05, 3.63) is 120 Å². The van der Waals surface area contributed by atoms with Gasteiger partial charge in [-0.15, -0.1) is 0 Å². The van der Waals surface area contributed by atoms with Gasteiger partial charge in [-0.1, -0.05) is 125 Å². The van der Waals surface area contributed by atoms with E-state index in [0.29, 0.717) is 80.7 Å². The van der Waals surface area contributed by atoms with Gasteiger partial charge in [0.25, 0.3) is 0 Å². The van der Waals surface area contributed by atoms with Gasteiger partial charge in [0, 0.05) is 125 Å². The maximum atomic E-state index is 12.8. The quantitative estimate of drug-likeness (QED) is 0.0330. The van der Waals surface area contributed by atoms with Gasteiger partial charge in [-0.25, -0.2) is 9.79 Å². The molecular weight excluding hydrogens is 1410 g/mol. The van der Waals surface area contributed by atoms with Crippen molar-refractivity contribution in [2.45, 2.75) is 94.6 Å². The summed E-state index contributed by atoms with van der Waals surface area (Å²) in [6.07, 6.45) is -5.73. The molecule has 0 radical (unpaired) electrons. The number of rotatable bonds is 12. The predicted octanol–water partition coefficient (Wildman–Crippen LogP) is 11.3. The lowest BCUT2D eigenvalue weighted by atomic mass is 9.83. The number of likely N-dealkylation sites (tertiary alicyclic amines) is 3. The lowest BCUT2D eigenvalue weighted by Gasteiger charge is -2.39. The second kappa shape index (κ2) is 33.0. The SMILES string of the molecule is Cn1nc(-c2cccc(Cl)c2Cl)cc1C1CN(C(=O)C(F)(F)F)C1.Cn1nc(-c2cccc(Cl)c2Cl)cc1C1CN(C(=O)CNC(=O)[C@H](N=C(N)N)C2CCCCC2)C1.Cn1nc(-c2cccc(Cl)c2Cl)cc1C1CN(C(=O)OC(C)(C)C)C1.O=C(O)C1CNC1.O=CC(F)(F)F. The number of nitrogens with two attached hydrogens (primary N) is 2. The number of carboxylic acids is 1. The largest absolute Gasteiger partial charge is 0.481 e. The van der Waals surface area contributed by atoms with E-state index in [0.717, 1.165) is 76.6 Å². The Morgan fingerprint density at radius 1 is 0.649 bits per heavy atom. The van der Waals surface area contributed by atoms with Gasteiger partial charge in [-0.3, -0.25) is 38.0 Å². The fourth-order valence-corrected chi connectivity index (χ4v) is 12.1. The lowest BCUT2D eigenvalue weighted by molar-refractivity contribution is -0.190. The monoisotopic (exact) mass is 1480 g/mol. The first-order chi connectivity index (χ1) is 45.4. The zero-order valence-electron chi connectivity index (χ0n) is 53.3. The summed E-state index contributed by atoms with van der Waals surface area (Å²) in [7, 11) is 5.47. The normalized spacial score (nSPS) is 16.3. The van der Waals surface area contributed by atoms with Crippen molar-refractivity contribution in [1.29, 1.82) is 0 Å². The summed E-state index contributed by atoms with van der Waals surface area (Å²) < 4.78 is 79.1. The van der Waals surface area contributed by atoms with E-state index in [-0.39, 0.29) is 73.1 Å². The van der Waals surface area contributed by atoms with Crippen molar-refractivity contribution in [2.24, 2.45) is 49.4 Å². The van der Waals surface area contributed by atoms with Crippen LogP contribution >= 0.6 is 69.6 Å². The third kappa shape index (κ3) is 20.6. The van der Waals surface area contributed by atoms with Crippen molar-refractivity contribution in [3.8, 4) is 33.8 Å². The first-order valence-corrected chi connectivity index (χ1v) is 32.6. The highest BCUT2D eigenvalue weighted by molar-refractivity contribution is 6.44. The van der Waals surface area contributed by atoms with E-state index < -0.39 is 42.2 Å². The Balaban J connectivity index is 0.000000190. The number of hydrogen-bond donors (Lipinski definition) is 5. The number of carbonyl (C=O) groups excluding carboxylic acids is 5. The molecule has 5 fully saturated rings. The fourth-order valence-electron chi connectivity index (χ4n) is 10.9. The number of carbonyl (C=O) groups is 6. The summed E-state index contributed by atoms with van der Waals surface area (Å²) in [5.41, 5.74) is 17.8. The second-order valence-corrected chi connectivity index (χ2v) is 26.8. The molecule has 3 aromatic heterocycles. The van der Waals surface area contributed by atoms with Crippen LogP contribution in [0.5, 0.6) is 0 Å². The number of alkyl halides is 6. The number of aliphatic imine (C=N–C) groups is 1. The maximum absolute atomic E-state index is 12.8. The summed E-state index contributed by atoms with van der Waals surface area (Å²) in [4.78, 5) is 75.7. The molecule has 1 aliphatic carbocycles. The number of guanidine groups is 1. The van der Waals surface area contributed by atoms with Crippen LogP contribution in [0.3, 0.4) is 0 Å². The minimum absolute atomic E-state index is 0.0145. The van der Waals surface area contributed by atoms with E-state index in [9.17, 15) is 50.3 Å². The zero-order valence-corrected chi connectivity index (χ0v) is 57.9. The molecule has 7 N–H and O–H groups in total. The minimum Gasteiger partial charge on any atom is -0.481 e. The van der Waals surface area contributed by atoms with Gasteiger partial charge in [-0.05, 0) is 75.9 Å². The Morgan fingerprint density at radius 3 is 1.35 bits per heavy atom. The number of amides is 4. The van der Waals surface area contributed by atoms with Gasteiger partial charge in [-0.2, -0.15) is 41.6 Å². The standard InChI is InChI=1S/C24H31Cl2N7O2.C18H21Cl2N3O2.C15H12Cl2F3N3O.C4H7NO2.C2HF3O/c1-32-19(10-18(31-32)16-8-5-9-17(25)21(16)26)15-12-33(13-15)20(34)11-29-23(35)22(30-24(27)28)14-6-3-2-4-7-14;1-18(2,3)25-17(24)23-9-11(10-23)15-8-14(21-22(15)4)12-6-5-7-13(19)16(12)20;1-22-12(8-6-23(7-8)14(24)15(18,19)20)5-11(21-22)9-3-2-4-10(16)13(9)17;6-4(7)3-1-5-2-3;3-2(4,5)1-6/h5,8-10,14-15,22H,2-4,6-7,11-13H2,1H3,(H,29,35)(H4,27,28,30);5-8,11H,9-10H2,1-4H3;2-5,8H,6-7H2,1H3;3,5H,1-2H2,(H,6,7);1H/t22-;;;;/m1..../s1. The first-order valence-electron chi connectivity index (χ1n) is 30.3. The summed E-state index contributed by atoms with van der Waals surface area (Å²) in [6.45, 7) is 9.19. The molecule has 526 valence electrons. The minimum atomic E-state index is -4.84. The molecule has 0 bridgehead atoms. The van der Waals surface area contributed by atoms with Gasteiger partial charge in [0.15, 0.2) is 5.96 Å². The summed E-state index contributed by atoms with van der Waals surface area (Å²) in [5.74, 6) is -2.86. The van der Waals surface area contributed by atoms with Gasteiger partial charge in [0.05, 0.1) is 59.7 Å². The Hall–Kier alpha value is -7.34. The van der Waals surface area contributed by atoms with E-state index in [2.05, 4.69) is 30.9 Å². The van der Waals surface area contributed by atoms with Crippen molar-refractivity contribution < 1.29 is 65.0 Å². The van der Waals surface area contributed by atoms with Gasteiger partial charge in [0.2, 0.25) is 18.1 Å². The number of nitrogens with zero attached hydrogens (tertiary/aromatic N) is 10. The smallest absolute Gasteiger partial charge is 0.471 e. The number of hydrogen-bond acceptors (Lipinski definition) is 12. The molecule has 7 heterocycles. The van der Waals surface area contributed by atoms with E-state index in [1.165, 1.54) is 0 Å². The van der Waals surface area contributed by atoms with Crippen molar-refractivity contribution in [3.63, 3.8) is 0 Å². The highest BCUT2D eigenvalue weighted by atomic mass is 35.5. The van der Waals surface area contributed by atoms with Crippen LogP contribution in [0.2, 0.25) is 30.1 Å². The van der Waals surface area contributed by atoms with Crippen molar-refractivity contribution in [1.82, 2.24) is 54.7 Å². The molecule has 0 unspecified atom stereocenters. The van der Waals surface area contributed by atoms with Crippen LogP contribution in [0.1, 0.15) is 87.7 Å². The topological polar surface area (TPSA) is 284 Å². The number of carboxylic acid groups (broad SMARTS) is 1. The molecule has 1 saturated carbocycles. The number of nitrogens with one attached hydrogen (secondary N) is 2. The Morgan fingerprint density at radius 2 is 1.03 bits per heavy atom. The number of benzene rings is 3. The number of aromatic nitrogens is 6. The molecule has 6 aromatic rings. The fraction of sp³-hybridized carbons (Fsp3) is 0.460. The molecule has 22 nitrogen and oxygen atoms in total. The summed E-state index contributed by atoms with van der Waals surface area (Å²) in [6, 6.07) is 21.2. The van der Waals surface area contributed by atoms with Gasteiger partial charge >= 0.3 is 30.3 Å². The van der Waals surface area contributed by atoms with Crippen LogP contribution in [0.4, 0.5) is 31.1 Å². The summed E-state index contributed by atoms with van der Waals surface area (Å²) >= 11 is 37.0. The third-order valence-electron chi connectivity index (χ3n) is 16.2. The average Bonchev–Trinajstić information content (AvgIpc) is 1.67. The molecule has 4 aliphatic heterocycles. The van der Waals surface area contributed by atoms with Crippen LogP contribution in [-0.4, -0.2) is 174 Å². The van der Waals surface area contributed by atoms with E-state index in [4.69, 9.17) is 95.7 Å². The number of ether oxygens (including phenoxy) is 1. The molecule has 0 spiro atoms. The van der Waals surface area contributed by atoms with E-state index in [1.54, 1.807) is 57.9 Å². The number of halogens is 12. The molecule has 4 amide bonds. The second-order valence-electron chi connectivity index (χ2n) is 24.5. The third-order valence-corrected chi connectivity index (χ3v) is 18.7. The predicted molar refractivity (Wildman–Crippen MR) is 357 cm³/mol. The molecular formula is C63H72Cl6F6N14O8. The lowest BCUT2D eigenvalue weighted by Crippen LogP contribution is -2.53. The molecule has 4 saturated heterocycles. The first kappa shape index (κ1) is 77.0. The highest BCUT2D eigenvalue weighted by Crippen LogP contribution is 2.40. The Kier molecular flexibility index (Phi) is 26.2. The molecule has 5 aliphatic rings. The van der Waals surface area contributed by atoms with Crippen molar-refractivity contribution in [2.75, 3.05) is 58.9 Å². The zero-order chi connectivity index (χ0) is 71.6. The molecule has 97 heavy (non-hydrogen) atoms. The summed E-state index contributed by atoms with van der Waals surface area (Å²) in [5, 5.41) is 30.0. The van der Waals surface area contributed by atoms with Crippen molar-refractivity contribution >= 4 is 112 Å². The van der Waals surface area contributed by atoms with Crippen LogP contribution in [0, 0.1) is 11.8 Å². The van der Waals surface area contributed by atoms with E-state index >= 15 is 0 Å². The Bertz CT molecular complexity index is 3830. The molecule has 34 heteroatoms. The highest BCUT2D eigenvalue weighted by Gasteiger charge is 2.47. The number of aldehydes is 1. The Labute approximate surface area is 584 Å². The van der Waals surface area contributed by atoms with E-state index in [1.807, 2.05) is 80.6 Å². The maximum Gasteiger partial charge on any atom is 0.471 e. The molecule has 1 atom stereocenters. The average molecular weight is 1480 g/mol. The number of aryl methyl sites for hydroxylation is 3. The van der Waals surface area contributed by atoms with Crippen LogP contribution in [0.15, 0.2) is 77.8 Å². The number of aliphatic carboxylic acids is 1. The van der Waals surface area contributed by atoms with Crippen LogP contribution < -0.4 is 22.1 Å². The molecule has 3 aromatic carbocycles.